The second kappa shape index (κ2) is 6.35. The monoisotopic (exact) mass is 226 g/mol. The molecule has 4 nitrogen and oxygen atoms in total. The second-order valence-corrected chi connectivity index (χ2v) is 3.14. The summed E-state index contributed by atoms with van der Waals surface area (Å²) >= 11 is 0. The predicted molar refractivity (Wildman–Crippen MR) is 60.9 cm³/mol. The first-order chi connectivity index (χ1) is 7.76. The summed E-state index contributed by atoms with van der Waals surface area (Å²) in [6.07, 6.45) is -0.425. The SMILES string of the molecule is CCOc1ccc(C(OC)OC)c(OC)c1. The van der Waals surface area contributed by atoms with Gasteiger partial charge in [0.25, 0.3) is 0 Å². The van der Waals surface area contributed by atoms with E-state index in [4.69, 9.17) is 18.9 Å². The minimum atomic E-state index is -0.425. The lowest BCUT2D eigenvalue weighted by atomic mass is 10.2. The topological polar surface area (TPSA) is 36.9 Å². The molecule has 0 unspecified atom stereocenters. The molecule has 0 aliphatic carbocycles. The van der Waals surface area contributed by atoms with Crippen LogP contribution in [-0.2, 0) is 9.47 Å². The molecule has 0 atom stereocenters. The largest absolute Gasteiger partial charge is 0.496 e. The molecule has 0 bridgehead atoms. The van der Waals surface area contributed by atoms with Crippen LogP contribution in [0.15, 0.2) is 18.2 Å². The summed E-state index contributed by atoms with van der Waals surface area (Å²) in [5.41, 5.74) is 0.843. The lowest BCUT2D eigenvalue weighted by Gasteiger charge is -2.17. The summed E-state index contributed by atoms with van der Waals surface area (Å²) in [6, 6.07) is 5.57. The molecule has 0 aliphatic heterocycles. The maximum absolute atomic E-state index is 5.39. The minimum absolute atomic E-state index is 0.425. The Kier molecular flexibility index (Phi) is 5.08. The Morgan fingerprint density at radius 3 is 2.31 bits per heavy atom. The molecular weight excluding hydrogens is 208 g/mol. The fourth-order valence-electron chi connectivity index (χ4n) is 1.49. The third kappa shape index (κ3) is 2.87. The highest BCUT2D eigenvalue weighted by Crippen LogP contribution is 2.31. The first kappa shape index (κ1) is 12.8. The van der Waals surface area contributed by atoms with E-state index >= 15 is 0 Å². The molecule has 0 amide bonds. The standard InChI is InChI=1S/C12H18O4/c1-5-16-9-6-7-10(11(8-9)13-2)12(14-3)15-4/h6-8,12H,5H2,1-4H3. The van der Waals surface area contributed by atoms with Crippen molar-refractivity contribution in [2.45, 2.75) is 13.2 Å². The Labute approximate surface area is 96.1 Å². The van der Waals surface area contributed by atoms with Crippen LogP contribution in [0.25, 0.3) is 0 Å². The van der Waals surface area contributed by atoms with Crippen molar-refractivity contribution >= 4 is 0 Å². The van der Waals surface area contributed by atoms with Gasteiger partial charge in [-0.25, -0.2) is 0 Å². The van der Waals surface area contributed by atoms with Crippen LogP contribution in [0, 0.1) is 0 Å². The van der Waals surface area contributed by atoms with E-state index in [2.05, 4.69) is 0 Å². The van der Waals surface area contributed by atoms with Gasteiger partial charge < -0.3 is 18.9 Å². The Morgan fingerprint density at radius 2 is 1.81 bits per heavy atom. The minimum Gasteiger partial charge on any atom is -0.496 e. The molecule has 0 fully saturated rings. The first-order valence-electron chi connectivity index (χ1n) is 5.13. The van der Waals surface area contributed by atoms with Crippen molar-refractivity contribution in [1.29, 1.82) is 0 Å². The summed E-state index contributed by atoms with van der Waals surface area (Å²) < 4.78 is 21.0. The number of benzene rings is 1. The van der Waals surface area contributed by atoms with E-state index in [1.54, 1.807) is 21.3 Å². The third-order valence-electron chi connectivity index (χ3n) is 2.20. The molecule has 0 saturated heterocycles. The van der Waals surface area contributed by atoms with Crippen molar-refractivity contribution in [3.8, 4) is 11.5 Å². The van der Waals surface area contributed by atoms with Gasteiger partial charge in [0.05, 0.1) is 13.7 Å². The Bertz CT molecular complexity index is 321. The van der Waals surface area contributed by atoms with E-state index in [9.17, 15) is 0 Å². The normalized spacial score (nSPS) is 10.6. The molecule has 0 aromatic heterocycles. The van der Waals surface area contributed by atoms with E-state index in [1.165, 1.54) is 0 Å². The van der Waals surface area contributed by atoms with Crippen LogP contribution in [0.5, 0.6) is 11.5 Å². The van der Waals surface area contributed by atoms with E-state index in [1.807, 2.05) is 25.1 Å². The van der Waals surface area contributed by atoms with Crippen LogP contribution in [-0.4, -0.2) is 27.9 Å². The van der Waals surface area contributed by atoms with Gasteiger partial charge in [0.15, 0.2) is 6.29 Å². The second-order valence-electron chi connectivity index (χ2n) is 3.14. The fourth-order valence-corrected chi connectivity index (χ4v) is 1.49. The fraction of sp³-hybridized carbons (Fsp3) is 0.500. The summed E-state index contributed by atoms with van der Waals surface area (Å²) in [5.74, 6) is 1.47. The Balaban J connectivity index is 3.00. The number of ether oxygens (including phenoxy) is 4. The highest BCUT2D eigenvalue weighted by atomic mass is 16.7. The van der Waals surface area contributed by atoms with Crippen molar-refractivity contribution < 1.29 is 18.9 Å². The molecule has 0 heterocycles. The predicted octanol–water partition coefficient (Wildman–Crippen LogP) is 2.39. The average Bonchev–Trinajstić information content (AvgIpc) is 2.32. The van der Waals surface area contributed by atoms with Gasteiger partial charge in [-0.2, -0.15) is 0 Å². The highest BCUT2D eigenvalue weighted by molar-refractivity contribution is 5.41. The van der Waals surface area contributed by atoms with Crippen molar-refractivity contribution in [3.63, 3.8) is 0 Å². The zero-order valence-corrected chi connectivity index (χ0v) is 10.1. The quantitative estimate of drug-likeness (QED) is 0.698. The van der Waals surface area contributed by atoms with Crippen LogP contribution in [0.4, 0.5) is 0 Å². The van der Waals surface area contributed by atoms with Gasteiger partial charge in [-0.3, -0.25) is 0 Å². The number of hydrogen-bond donors (Lipinski definition) is 0. The molecule has 0 aliphatic rings. The lowest BCUT2D eigenvalue weighted by molar-refractivity contribution is -0.107. The maximum atomic E-state index is 5.39. The molecule has 16 heavy (non-hydrogen) atoms. The summed E-state index contributed by atoms with van der Waals surface area (Å²) in [5, 5.41) is 0. The number of methoxy groups -OCH3 is 3. The van der Waals surface area contributed by atoms with Crippen molar-refractivity contribution in [1.82, 2.24) is 0 Å². The molecule has 4 heteroatoms. The molecule has 90 valence electrons. The third-order valence-corrected chi connectivity index (χ3v) is 2.20. The number of hydrogen-bond acceptors (Lipinski definition) is 4. The average molecular weight is 226 g/mol. The van der Waals surface area contributed by atoms with Gasteiger partial charge in [0, 0.05) is 25.8 Å². The van der Waals surface area contributed by atoms with Crippen LogP contribution < -0.4 is 9.47 Å². The van der Waals surface area contributed by atoms with Gasteiger partial charge in [-0.1, -0.05) is 0 Å². The van der Waals surface area contributed by atoms with Gasteiger partial charge in [-0.15, -0.1) is 0 Å². The van der Waals surface area contributed by atoms with E-state index in [-0.39, 0.29) is 0 Å². The summed E-state index contributed by atoms with van der Waals surface area (Å²) in [7, 11) is 4.78. The van der Waals surface area contributed by atoms with Gasteiger partial charge in [0.1, 0.15) is 11.5 Å². The smallest absolute Gasteiger partial charge is 0.186 e. The van der Waals surface area contributed by atoms with Crippen LogP contribution in [0.2, 0.25) is 0 Å². The molecule has 0 spiro atoms. The molecule has 0 saturated carbocycles. The van der Waals surface area contributed by atoms with Gasteiger partial charge in [0.2, 0.25) is 0 Å². The maximum Gasteiger partial charge on any atom is 0.186 e. The Morgan fingerprint density at radius 1 is 1.12 bits per heavy atom. The van der Waals surface area contributed by atoms with Crippen LogP contribution >= 0.6 is 0 Å². The van der Waals surface area contributed by atoms with E-state index < -0.39 is 6.29 Å². The zero-order chi connectivity index (χ0) is 12.0. The molecule has 1 aromatic carbocycles. The van der Waals surface area contributed by atoms with Crippen LogP contribution in [0.1, 0.15) is 18.8 Å². The summed E-state index contributed by atoms with van der Waals surface area (Å²) in [6.45, 7) is 2.56. The molecular formula is C12H18O4. The van der Waals surface area contributed by atoms with Gasteiger partial charge >= 0.3 is 0 Å². The van der Waals surface area contributed by atoms with Crippen molar-refractivity contribution in [3.05, 3.63) is 23.8 Å². The van der Waals surface area contributed by atoms with E-state index in [0.717, 1.165) is 11.3 Å². The molecule has 1 aromatic rings. The highest BCUT2D eigenvalue weighted by Gasteiger charge is 2.15. The molecule has 1 rings (SSSR count). The first-order valence-corrected chi connectivity index (χ1v) is 5.13. The van der Waals surface area contributed by atoms with Crippen molar-refractivity contribution in [2.24, 2.45) is 0 Å². The van der Waals surface area contributed by atoms with Crippen LogP contribution in [0.3, 0.4) is 0 Å². The molecule has 0 radical (unpaired) electrons. The lowest BCUT2D eigenvalue weighted by Crippen LogP contribution is -2.06. The van der Waals surface area contributed by atoms with Gasteiger partial charge in [-0.05, 0) is 19.1 Å². The van der Waals surface area contributed by atoms with Crippen molar-refractivity contribution in [2.75, 3.05) is 27.9 Å². The Hall–Kier alpha value is -1.26. The number of rotatable bonds is 6. The van der Waals surface area contributed by atoms with E-state index in [0.29, 0.717) is 12.4 Å². The zero-order valence-electron chi connectivity index (χ0n) is 10.1. The summed E-state index contributed by atoms with van der Waals surface area (Å²) in [4.78, 5) is 0. The molecule has 0 N–H and O–H groups in total.